The molecule has 0 aromatic heterocycles. The lowest BCUT2D eigenvalue weighted by molar-refractivity contribution is -0.384. The van der Waals surface area contributed by atoms with E-state index in [0.29, 0.717) is 6.61 Å². The summed E-state index contributed by atoms with van der Waals surface area (Å²) in [6.45, 7) is 1.96. The maximum Gasteiger partial charge on any atom is 0.269 e. The molecule has 0 amide bonds. The predicted octanol–water partition coefficient (Wildman–Crippen LogP) is 2.52. The van der Waals surface area contributed by atoms with E-state index in [1.165, 1.54) is 12.1 Å². The van der Waals surface area contributed by atoms with Crippen LogP contribution in [0.5, 0.6) is 5.75 Å². The Kier molecular flexibility index (Phi) is 4.00. The van der Waals surface area contributed by atoms with E-state index in [1.807, 2.05) is 24.3 Å². The van der Waals surface area contributed by atoms with E-state index in [2.05, 4.69) is 10.3 Å². The van der Waals surface area contributed by atoms with Crippen molar-refractivity contribution in [2.45, 2.75) is 6.61 Å². The van der Waals surface area contributed by atoms with Gasteiger partial charge in [0.2, 0.25) is 0 Å². The molecule has 1 aliphatic heterocycles. The summed E-state index contributed by atoms with van der Waals surface area (Å²) in [5, 5.41) is 13.9. The zero-order chi connectivity index (χ0) is 15.4. The minimum Gasteiger partial charge on any atom is -0.488 e. The van der Waals surface area contributed by atoms with E-state index < -0.39 is 4.92 Å². The molecule has 0 atom stereocenters. The number of rotatable bonds is 5. The van der Waals surface area contributed by atoms with Crippen LogP contribution in [0.4, 0.5) is 5.69 Å². The molecule has 112 valence electrons. The van der Waals surface area contributed by atoms with Crippen LogP contribution < -0.4 is 10.1 Å². The zero-order valence-corrected chi connectivity index (χ0v) is 11.9. The van der Waals surface area contributed by atoms with Crippen molar-refractivity contribution in [3.8, 4) is 5.75 Å². The van der Waals surface area contributed by atoms with Crippen molar-refractivity contribution in [2.75, 3.05) is 13.1 Å². The molecule has 3 rings (SSSR count). The van der Waals surface area contributed by atoms with Crippen molar-refractivity contribution in [3.63, 3.8) is 0 Å². The number of aliphatic imine (C=N–C) groups is 1. The van der Waals surface area contributed by atoms with E-state index in [0.717, 1.165) is 35.8 Å². The van der Waals surface area contributed by atoms with Gasteiger partial charge in [-0.25, -0.2) is 0 Å². The third kappa shape index (κ3) is 3.06. The van der Waals surface area contributed by atoms with Crippen LogP contribution >= 0.6 is 0 Å². The first-order chi connectivity index (χ1) is 10.7. The summed E-state index contributed by atoms with van der Waals surface area (Å²) in [5.41, 5.74) is 1.89. The summed E-state index contributed by atoms with van der Waals surface area (Å²) in [6, 6.07) is 14.1. The third-order valence-electron chi connectivity index (χ3n) is 3.36. The molecule has 1 aliphatic rings. The fourth-order valence-electron chi connectivity index (χ4n) is 2.24. The van der Waals surface area contributed by atoms with Crippen LogP contribution in [0.25, 0.3) is 0 Å². The van der Waals surface area contributed by atoms with Gasteiger partial charge in [0.05, 0.1) is 17.0 Å². The molecule has 22 heavy (non-hydrogen) atoms. The topological polar surface area (TPSA) is 76.8 Å². The van der Waals surface area contributed by atoms with Gasteiger partial charge >= 0.3 is 0 Å². The maximum absolute atomic E-state index is 10.6. The zero-order valence-electron chi connectivity index (χ0n) is 11.9. The van der Waals surface area contributed by atoms with Crippen LogP contribution in [-0.2, 0) is 6.61 Å². The standard InChI is InChI=1S/C16H15N3O3/c20-19(21)13-7-5-12(6-8-13)11-22-15-4-2-1-3-14(15)16-17-9-10-18-16/h1-8H,9-11H2,(H,17,18). The Labute approximate surface area is 127 Å². The van der Waals surface area contributed by atoms with Crippen molar-refractivity contribution in [1.29, 1.82) is 0 Å². The summed E-state index contributed by atoms with van der Waals surface area (Å²) in [5.74, 6) is 1.59. The fourth-order valence-corrected chi connectivity index (χ4v) is 2.24. The van der Waals surface area contributed by atoms with Gasteiger partial charge in [-0.05, 0) is 29.8 Å². The lowest BCUT2D eigenvalue weighted by Gasteiger charge is -2.11. The van der Waals surface area contributed by atoms with E-state index in [1.54, 1.807) is 12.1 Å². The van der Waals surface area contributed by atoms with Crippen molar-refractivity contribution < 1.29 is 9.66 Å². The smallest absolute Gasteiger partial charge is 0.269 e. The number of nitrogens with one attached hydrogen (secondary N) is 1. The first-order valence-electron chi connectivity index (χ1n) is 6.98. The van der Waals surface area contributed by atoms with Crippen LogP contribution in [0.3, 0.4) is 0 Å². The number of benzene rings is 2. The van der Waals surface area contributed by atoms with Crippen molar-refractivity contribution in [3.05, 3.63) is 69.8 Å². The van der Waals surface area contributed by atoms with E-state index in [-0.39, 0.29) is 5.69 Å². The minimum atomic E-state index is -0.413. The second kappa shape index (κ2) is 6.26. The second-order valence-corrected chi connectivity index (χ2v) is 4.87. The lowest BCUT2D eigenvalue weighted by atomic mass is 10.1. The molecule has 6 nitrogen and oxygen atoms in total. The summed E-state index contributed by atoms with van der Waals surface area (Å²) >= 11 is 0. The average molecular weight is 297 g/mol. The molecule has 0 unspecified atom stereocenters. The quantitative estimate of drug-likeness (QED) is 0.679. The first-order valence-corrected chi connectivity index (χ1v) is 6.98. The molecule has 0 saturated heterocycles. The van der Waals surface area contributed by atoms with E-state index >= 15 is 0 Å². The van der Waals surface area contributed by atoms with Crippen LogP contribution in [0.15, 0.2) is 53.5 Å². The SMILES string of the molecule is O=[N+]([O-])c1ccc(COc2ccccc2C2=NCCN2)cc1. The van der Waals surface area contributed by atoms with Gasteiger partial charge in [0.15, 0.2) is 0 Å². The van der Waals surface area contributed by atoms with E-state index in [9.17, 15) is 10.1 Å². The number of ether oxygens (including phenoxy) is 1. The van der Waals surface area contributed by atoms with E-state index in [4.69, 9.17) is 4.74 Å². The molecule has 1 N–H and O–H groups in total. The minimum absolute atomic E-state index is 0.0775. The summed E-state index contributed by atoms with van der Waals surface area (Å²) in [6.07, 6.45) is 0. The molecule has 6 heteroatoms. The molecule has 0 fully saturated rings. The number of hydrogen-bond donors (Lipinski definition) is 1. The number of nitrogens with zero attached hydrogens (tertiary/aromatic N) is 2. The summed E-state index contributed by atoms with van der Waals surface area (Å²) < 4.78 is 5.85. The Hall–Kier alpha value is -2.89. The molecule has 1 heterocycles. The van der Waals surface area contributed by atoms with Gasteiger partial charge in [-0.1, -0.05) is 12.1 Å². The Morgan fingerprint density at radius 3 is 2.64 bits per heavy atom. The number of non-ortho nitro benzene ring substituents is 1. The molecule has 2 aromatic carbocycles. The lowest BCUT2D eigenvalue weighted by Crippen LogP contribution is -2.20. The third-order valence-corrected chi connectivity index (χ3v) is 3.36. The van der Waals surface area contributed by atoms with Crippen LogP contribution in [-0.4, -0.2) is 23.8 Å². The second-order valence-electron chi connectivity index (χ2n) is 4.87. The number of para-hydroxylation sites is 1. The Balaban J connectivity index is 1.72. The number of nitro groups is 1. The summed E-state index contributed by atoms with van der Waals surface area (Å²) in [7, 11) is 0. The van der Waals surface area contributed by atoms with Gasteiger partial charge in [-0.2, -0.15) is 0 Å². The van der Waals surface area contributed by atoms with Gasteiger partial charge in [-0.3, -0.25) is 15.1 Å². The molecular formula is C16H15N3O3. The fraction of sp³-hybridized carbons (Fsp3) is 0.188. The van der Waals surface area contributed by atoms with Gasteiger partial charge in [0.25, 0.3) is 5.69 Å². The maximum atomic E-state index is 10.6. The molecule has 0 aliphatic carbocycles. The van der Waals surface area contributed by atoms with Gasteiger partial charge in [-0.15, -0.1) is 0 Å². The van der Waals surface area contributed by atoms with Crippen LogP contribution in [0, 0.1) is 10.1 Å². The largest absolute Gasteiger partial charge is 0.488 e. The van der Waals surface area contributed by atoms with Gasteiger partial charge < -0.3 is 10.1 Å². The number of amidine groups is 1. The number of hydrogen-bond acceptors (Lipinski definition) is 5. The monoisotopic (exact) mass is 297 g/mol. The normalized spacial score (nSPS) is 13.4. The highest BCUT2D eigenvalue weighted by molar-refractivity contribution is 6.02. The molecule has 0 saturated carbocycles. The molecule has 0 radical (unpaired) electrons. The highest BCUT2D eigenvalue weighted by Crippen LogP contribution is 2.21. The molecular weight excluding hydrogens is 282 g/mol. The predicted molar refractivity (Wildman–Crippen MR) is 83.3 cm³/mol. The highest BCUT2D eigenvalue weighted by Gasteiger charge is 2.13. The first kappa shape index (κ1) is 14.1. The molecule has 2 aromatic rings. The van der Waals surface area contributed by atoms with Crippen molar-refractivity contribution in [1.82, 2.24) is 5.32 Å². The Morgan fingerprint density at radius 2 is 1.95 bits per heavy atom. The Morgan fingerprint density at radius 1 is 1.18 bits per heavy atom. The van der Waals surface area contributed by atoms with Crippen LogP contribution in [0.1, 0.15) is 11.1 Å². The summed E-state index contributed by atoms with van der Waals surface area (Å²) in [4.78, 5) is 14.6. The average Bonchev–Trinajstić information content (AvgIpc) is 3.08. The highest BCUT2D eigenvalue weighted by atomic mass is 16.6. The van der Waals surface area contributed by atoms with Gasteiger partial charge in [0.1, 0.15) is 18.2 Å². The Bertz CT molecular complexity index is 711. The molecule has 0 spiro atoms. The van der Waals surface area contributed by atoms with Crippen LogP contribution in [0.2, 0.25) is 0 Å². The van der Waals surface area contributed by atoms with Gasteiger partial charge in [0, 0.05) is 18.7 Å². The van der Waals surface area contributed by atoms with Crippen molar-refractivity contribution >= 4 is 11.5 Å². The number of nitro benzene ring substituents is 1. The van der Waals surface area contributed by atoms with Crippen molar-refractivity contribution in [2.24, 2.45) is 4.99 Å². The molecule has 0 bridgehead atoms.